The first-order chi connectivity index (χ1) is 17.0. The summed E-state index contributed by atoms with van der Waals surface area (Å²) in [7, 11) is 0. The minimum absolute atomic E-state index is 0.0162. The van der Waals surface area contributed by atoms with E-state index in [1.54, 1.807) is 24.3 Å². The molecule has 0 bridgehead atoms. The molecule has 1 saturated heterocycles. The summed E-state index contributed by atoms with van der Waals surface area (Å²) >= 11 is 0. The fourth-order valence-corrected chi connectivity index (χ4v) is 4.20. The van der Waals surface area contributed by atoms with E-state index < -0.39 is 17.6 Å². The molecule has 0 radical (unpaired) electrons. The topological polar surface area (TPSA) is 178 Å². The summed E-state index contributed by atoms with van der Waals surface area (Å²) in [6.07, 6.45) is 3.28. The van der Waals surface area contributed by atoms with Gasteiger partial charge < -0.3 is 5.73 Å². The Balaban J connectivity index is 1.44. The van der Waals surface area contributed by atoms with E-state index in [1.165, 1.54) is 6.92 Å². The normalized spacial score (nSPS) is 16.6. The van der Waals surface area contributed by atoms with E-state index in [4.69, 9.17) is 5.73 Å². The maximum absolute atomic E-state index is 13.3. The quantitative estimate of drug-likeness (QED) is 0.227. The lowest BCUT2D eigenvalue weighted by molar-refractivity contribution is -0.113. The monoisotopic (exact) mass is 478 g/mol. The van der Waals surface area contributed by atoms with Gasteiger partial charge in [0.1, 0.15) is 11.5 Å². The van der Waals surface area contributed by atoms with E-state index in [-0.39, 0.29) is 28.7 Å². The van der Waals surface area contributed by atoms with Crippen molar-refractivity contribution in [3.05, 3.63) is 41.2 Å². The second kappa shape index (κ2) is 9.06. The molecule has 4 heterocycles. The molecule has 14 nitrogen and oxygen atoms in total. The fourth-order valence-electron chi connectivity index (χ4n) is 4.20. The minimum Gasteiger partial charge on any atom is -0.378 e. The zero-order chi connectivity index (χ0) is 24.5. The van der Waals surface area contributed by atoms with Crippen molar-refractivity contribution in [2.75, 3.05) is 23.7 Å². The van der Waals surface area contributed by atoms with E-state index in [1.807, 2.05) is 0 Å². The van der Waals surface area contributed by atoms with E-state index in [0.717, 1.165) is 41.9 Å². The van der Waals surface area contributed by atoms with Gasteiger partial charge in [-0.2, -0.15) is 9.78 Å². The fraction of sp³-hybridized carbons (Fsp3) is 0.333. The molecule has 0 unspecified atom stereocenters. The third-order valence-corrected chi connectivity index (χ3v) is 5.90. The number of amides is 2. The standard InChI is InChI=1S/C21H22N10O4/c1-12(30-15-8-4-3-7-13(15)17(32)21(30)34)23-25-20(33)16-14(11-29-9-5-2-6-10-29)24-28-31(16)19-18(22)26-35-27-19/h3-4,7-8H,2,5-6,9-11H2,1H3,(H2,22,26)(H,25,33)/b23-12+. The summed E-state index contributed by atoms with van der Waals surface area (Å²) in [4.78, 5) is 41.4. The zero-order valence-corrected chi connectivity index (χ0v) is 18.8. The predicted molar refractivity (Wildman–Crippen MR) is 122 cm³/mol. The first kappa shape index (κ1) is 22.3. The molecule has 3 aromatic rings. The number of piperidine rings is 1. The van der Waals surface area contributed by atoms with Gasteiger partial charge in [0.15, 0.2) is 5.69 Å². The molecule has 0 saturated carbocycles. The number of fused-ring (bicyclic) bond motifs is 1. The number of carbonyl (C=O) groups excluding carboxylic acids is 3. The SMILES string of the molecule is C/C(=N\NC(=O)c1c(CN2CCCCC2)nnn1-c1nonc1N)N1C(=O)C(=O)c2ccccc21. The Labute approximate surface area is 198 Å². The van der Waals surface area contributed by atoms with Crippen LogP contribution in [0.25, 0.3) is 5.82 Å². The first-order valence-corrected chi connectivity index (χ1v) is 11.0. The Morgan fingerprint density at radius 2 is 1.94 bits per heavy atom. The van der Waals surface area contributed by atoms with Crippen molar-refractivity contribution >= 4 is 34.9 Å². The van der Waals surface area contributed by atoms with Crippen molar-refractivity contribution in [1.82, 2.24) is 35.6 Å². The Morgan fingerprint density at radius 3 is 2.69 bits per heavy atom. The van der Waals surface area contributed by atoms with Crippen molar-refractivity contribution in [2.45, 2.75) is 32.7 Å². The smallest absolute Gasteiger partial charge is 0.305 e. The molecule has 35 heavy (non-hydrogen) atoms. The number of nitrogen functional groups attached to an aromatic ring is 1. The summed E-state index contributed by atoms with van der Waals surface area (Å²) in [5.41, 5.74) is 9.38. The number of nitrogens with one attached hydrogen (secondary N) is 1. The van der Waals surface area contributed by atoms with Crippen molar-refractivity contribution in [3.63, 3.8) is 0 Å². The van der Waals surface area contributed by atoms with E-state index in [2.05, 4.69) is 40.7 Å². The molecule has 2 amide bonds. The molecule has 0 aliphatic carbocycles. The highest BCUT2D eigenvalue weighted by atomic mass is 16.6. The highest BCUT2D eigenvalue weighted by molar-refractivity contribution is 6.56. The van der Waals surface area contributed by atoms with Crippen LogP contribution in [0, 0.1) is 0 Å². The summed E-state index contributed by atoms with van der Waals surface area (Å²) in [5.74, 6) is -1.98. The Kier molecular flexibility index (Phi) is 5.78. The van der Waals surface area contributed by atoms with Gasteiger partial charge in [0, 0.05) is 6.54 Å². The molecule has 0 atom stereocenters. The van der Waals surface area contributed by atoms with Gasteiger partial charge in [-0.3, -0.25) is 24.2 Å². The third kappa shape index (κ3) is 4.03. The van der Waals surface area contributed by atoms with E-state index in [9.17, 15) is 14.4 Å². The zero-order valence-electron chi connectivity index (χ0n) is 18.8. The lowest BCUT2D eigenvalue weighted by Crippen LogP contribution is -2.36. The van der Waals surface area contributed by atoms with Gasteiger partial charge in [0.2, 0.25) is 11.6 Å². The highest BCUT2D eigenvalue weighted by Crippen LogP contribution is 2.28. The maximum Gasteiger partial charge on any atom is 0.305 e. The molecule has 1 aromatic carbocycles. The van der Waals surface area contributed by atoms with E-state index >= 15 is 0 Å². The lowest BCUT2D eigenvalue weighted by atomic mass is 10.1. The van der Waals surface area contributed by atoms with Gasteiger partial charge in [-0.1, -0.05) is 23.8 Å². The molecule has 5 rings (SSSR count). The van der Waals surface area contributed by atoms with Crippen LogP contribution in [0.1, 0.15) is 52.7 Å². The number of anilines is 2. The summed E-state index contributed by atoms with van der Waals surface area (Å²) < 4.78 is 5.80. The van der Waals surface area contributed by atoms with Crippen LogP contribution in [0.2, 0.25) is 0 Å². The van der Waals surface area contributed by atoms with Crippen molar-refractivity contribution < 1.29 is 19.0 Å². The summed E-state index contributed by atoms with van der Waals surface area (Å²) in [6, 6.07) is 6.57. The molecule has 14 heteroatoms. The van der Waals surface area contributed by atoms with Crippen molar-refractivity contribution in [2.24, 2.45) is 5.10 Å². The highest BCUT2D eigenvalue weighted by Gasteiger charge is 2.37. The molecular formula is C21H22N10O4. The predicted octanol–water partition coefficient (Wildman–Crippen LogP) is 0.511. The number of hydrogen-bond acceptors (Lipinski definition) is 11. The Bertz CT molecular complexity index is 1340. The molecule has 3 N–H and O–H groups in total. The number of benzene rings is 1. The second-order valence-electron chi connectivity index (χ2n) is 8.19. The van der Waals surface area contributed by atoms with Crippen LogP contribution in [0.15, 0.2) is 34.0 Å². The Hall–Kier alpha value is -4.46. The number of carbonyl (C=O) groups is 3. The van der Waals surface area contributed by atoms with Crippen LogP contribution in [0.3, 0.4) is 0 Å². The van der Waals surface area contributed by atoms with Gasteiger partial charge in [-0.05, 0) is 55.3 Å². The molecule has 180 valence electrons. The average Bonchev–Trinajstić information content (AvgIpc) is 3.54. The van der Waals surface area contributed by atoms with Gasteiger partial charge in [-0.15, -0.1) is 5.10 Å². The van der Waals surface area contributed by atoms with Gasteiger partial charge in [0.05, 0.1) is 11.3 Å². The summed E-state index contributed by atoms with van der Waals surface area (Å²) in [5, 5.41) is 19.5. The van der Waals surface area contributed by atoms with Crippen molar-refractivity contribution in [3.8, 4) is 5.82 Å². The summed E-state index contributed by atoms with van der Waals surface area (Å²) in [6.45, 7) is 3.66. The molecule has 0 spiro atoms. The molecule has 1 fully saturated rings. The first-order valence-electron chi connectivity index (χ1n) is 11.0. The molecular weight excluding hydrogens is 456 g/mol. The number of hydrazone groups is 1. The van der Waals surface area contributed by atoms with E-state index in [0.29, 0.717) is 17.9 Å². The van der Waals surface area contributed by atoms with Crippen LogP contribution in [0.5, 0.6) is 0 Å². The second-order valence-corrected chi connectivity index (χ2v) is 8.19. The number of para-hydroxylation sites is 1. The number of nitrogens with zero attached hydrogens (tertiary/aromatic N) is 8. The molecule has 2 aromatic heterocycles. The number of nitrogens with two attached hydrogens (primary N) is 1. The van der Waals surface area contributed by atoms with Crippen LogP contribution in [-0.2, 0) is 11.3 Å². The largest absolute Gasteiger partial charge is 0.378 e. The molecule has 2 aliphatic heterocycles. The third-order valence-electron chi connectivity index (χ3n) is 5.90. The van der Waals surface area contributed by atoms with Crippen LogP contribution in [-0.4, -0.2) is 66.7 Å². The number of aromatic nitrogens is 5. The number of amidine groups is 1. The number of likely N-dealkylation sites (tertiary alicyclic amines) is 1. The average molecular weight is 478 g/mol. The lowest BCUT2D eigenvalue weighted by Gasteiger charge is -2.25. The van der Waals surface area contributed by atoms with Crippen molar-refractivity contribution in [1.29, 1.82) is 0 Å². The maximum atomic E-state index is 13.3. The van der Waals surface area contributed by atoms with Crippen LogP contribution in [0.4, 0.5) is 11.5 Å². The number of hydrogen-bond donors (Lipinski definition) is 2. The number of Topliss-reactive ketones (excluding diaryl/α,β-unsaturated/α-hetero) is 1. The van der Waals surface area contributed by atoms with Crippen LogP contribution < -0.4 is 16.1 Å². The number of ketones is 1. The number of rotatable bonds is 5. The van der Waals surface area contributed by atoms with Crippen LogP contribution >= 0.6 is 0 Å². The van der Waals surface area contributed by atoms with Gasteiger partial charge in [-0.25, -0.2) is 10.1 Å². The van der Waals surface area contributed by atoms with Gasteiger partial charge in [0.25, 0.3) is 11.7 Å². The molecule has 2 aliphatic rings. The minimum atomic E-state index is -0.749. The van der Waals surface area contributed by atoms with Gasteiger partial charge >= 0.3 is 5.91 Å². The Morgan fingerprint density at radius 1 is 1.17 bits per heavy atom.